The maximum atomic E-state index is 12.9. The number of hydrogen-bond donors (Lipinski definition) is 0. The first kappa shape index (κ1) is 67.3. The van der Waals surface area contributed by atoms with Crippen molar-refractivity contribution in [2.75, 3.05) is 13.2 Å². The second-order valence-electron chi connectivity index (χ2n) is 19.6. The summed E-state index contributed by atoms with van der Waals surface area (Å²) in [4.78, 5) is 38.2. The van der Waals surface area contributed by atoms with Crippen LogP contribution in [-0.2, 0) is 28.6 Å². The van der Waals surface area contributed by atoms with Gasteiger partial charge in [-0.05, 0) is 70.6 Å². The molecule has 0 aliphatic rings. The fraction of sp³-hybridized carbons (Fsp3) is 0.708. The standard InChI is InChI=1S/C65H110O6/c1-4-7-10-13-16-19-22-25-28-30-32-34-37-40-43-46-49-52-55-58-64(67)70-61-62(60-69-63(66)57-54-51-48-45-42-39-36-27-24-21-18-15-12-9-6-3)71-65(68)59-56-53-50-47-44-41-38-35-33-31-29-26-23-20-17-14-11-8-5-2/h7,9-10,12,15-16,18-19,21,24-25,27-28,36,39,42,62H,4-6,8,11,13-14,17,20,22-23,26,29-35,37-38,40-41,43-61H2,1-3H3/b10-7-,12-9-,18-15-,19-16-,24-21-,28-25-,36-27-,42-39-. The topological polar surface area (TPSA) is 78.9 Å². The van der Waals surface area contributed by atoms with Gasteiger partial charge in [-0.3, -0.25) is 14.4 Å². The molecule has 0 saturated carbocycles. The highest BCUT2D eigenvalue weighted by molar-refractivity contribution is 5.71. The van der Waals surface area contributed by atoms with E-state index in [0.29, 0.717) is 19.3 Å². The summed E-state index contributed by atoms with van der Waals surface area (Å²) >= 11 is 0. The molecule has 0 rings (SSSR count). The highest BCUT2D eigenvalue weighted by Gasteiger charge is 2.19. The lowest BCUT2D eigenvalue weighted by atomic mass is 10.0. The molecule has 406 valence electrons. The zero-order chi connectivity index (χ0) is 51.4. The minimum absolute atomic E-state index is 0.0929. The van der Waals surface area contributed by atoms with Crippen molar-refractivity contribution < 1.29 is 28.6 Å². The lowest BCUT2D eigenvalue weighted by Crippen LogP contribution is -2.30. The van der Waals surface area contributed by atoms with Crippen LogP contribution >= 0.6 is 0 Å². The lowest BCUT2D eigenvalue weighted by molar-refractivity contribution is -0.167. The number of carbonyl (C=O) groups is 3. The van der Waals surface area contributed by atoms with Crippen molar-refractivity contribution >= 4 is 17.9 Å². The third kappa shape index (κ3) is 57.1. The summed E-state index contributed by atoms with van der Waals surface area (Å²) in [6.45, 7) is 6.37. The van der Waals surface area contributed by atoms with E-state index in [1.165, 1.54) is 148 Å². The Morgan fingerprint density at radius 3 is 1.04 bits per heavy atom. The average Bonchev–Trinajstić information content (AvgIpc) is 3.37. The van der Waals surface area contributed by atoms with E-state index in [0.717, 1.165) is 89.9 Å². The number of unbranched alkanes of at least 4 members (excludes halogenated alkanes) is 30. The minimum Gasteiger partial charge on any atom is -0.462 e. The highest BCUT2D eigenvalue weighted by Crippen LogP contribution is 2.17. The van der Waals surface area contributed by atoms with Gasteiger partial charge in [-0.1, -0.05) is 285 Å². The van der Waals surface area contributed by atoms with Gasteiger partial charge in [0.15, 0.2) is 6.10 Å². The third-order valence-electron chi connectivity index (χ3n) is 12.7. The molecule has 0 amide bonds. The Bertz CT molecular complexity index is 1410. The van der Waals surface area contributed by atoms with E-state index in [4.69, 9.17) is 14.2 Å². The molecule has 71 heavy (non-hydrogen) atoms. The Morgan fingerprint density at radius 1 is 0.310 bits per heavy atom. The molecule has 0 fully saturated rings. The van der Waals surface area contributed by atoms with Crippen molar-refractivity contribution in [1.82, 2.24) is 0 Å². The maximum Gasteiger partial charge on any atom is 0.306 e. The largest absolute Gasteiger partial charge is 0.462 e. The van der Waals surface area contributed by atoms with E-state index in [-0.39, 0.29) is 31.1 Å². The number of allylic oxidation sites excluding steroid dienone is 16. The Labute approximate surface area is 438 Å². The molecule has 0 aromatic carbocycles. The fourth-order valence-electron chi connectivity index (χ4n) is 8.30. The number of rotatable bonds is 53. The number of carbonyl (C=O) groups excluding carboxylic acids is 3. The quantitative estimate of drug-likeness (QED) is 0.0199. The smallest absolute Gasteiger partial charge is 0.306 e. The van der Waals surface area contributed by atoms with Crippen LogP contribution in [0.3, 0.4) is 0 Å². The van der Waals surface area contributed by atoms with E-state index in [1.807, 2.05) is 42.5 Å². The van der Waals surface area contributed by atoms with Gasteiger partial charge in [0.05, 0.1) is 0 Å². The van der Waals surface area contributed by atoms with Gasteiger partial charge < -0.3 is 14.2 Å². The van der Waals surface area contributed by atoms with Gasteiger partial charge in [0.1, 0.15) is 13.2 Å². The fourth-order valence-corrected chi connectivity index (χ4v) is 8.30. The van der Waals surface area contributed by atoms with Gasteiger partial charge in [0.25, 0.3) is 0 Å². The second-order valence-corrected chi connectivity index (χ2v) is 19.6. The summed E-state index contributed by atoms with van der Waals surface area (Å²) in [5.41, 5.74) is 0. The summed E-state index contributed by atoms with van der Waals surface area (Å²) in [6, 6.07) is 0. The van der Waals surface area contributed by atoms with Crippen LogP contribution in [0.15, 0.2) is 97.2 Å². The first-order chi connectivity index (χ1) is 35.0. The molecule has 0 spiro atoms. The van der Waals surface area contributed by atoms with Crippen molar-refractivity contribution in [3.63, 3.8) is 0 Å². The van der Waals surface area contributed by atoms with Crippen LogP contribution in [0.25, 0.3) is 0 Å². The summed E-state index contributed by atoms with van der Waals surface area (Å²) in [5.74, 6) is -0.932. The third-order valence-corrected chi connectivity index (χ3v) is 12.7. The number of hydrogen-bond acceptors (Lipinski definition) is 6. The molecule has 0 aliphatic heterocycles. The van der Waals surface area contributed by atoms with Crippen molar-refractivity contribution in [1.29, 1.82) is 0 Å². The molecule has 0 bridgehead atoms. The number of esters is 3. The van der Waals surface area contributed by atoms with Crippen molar-refractivity contribution in [2.24, 2.45) is 0 Å². The normalized spacial score (nSPS) is 12.8. The first-order valence-electron chi connectivity index (χ1n) is 29.8. The van der Waals surface area contributed by atoms with Gasteiger partial charge >= 0.3 is 17.9 Å². The Morgan fingerprint density at radius 2 is 0.620 bits per heavy atom. The van der Waals surface area contributed by atoms with Crippen LogP contribution in [0.5, 0.6) is 0 Å². The molecule has 0 radical (unpaired) electrons. The molecule has 0 aromatic rings. The van der Waals surface area contributed by atoms with Gasteiger partial charge in [-0.25, -0.2) is 0 Å². The molecular formula is C65H110O6. The maximum absolute atomic E-state index is 12.9. The summed E-state index contributed by atoms with van der Waals surface area (Å²) < 4.78 is 16.9. The number of ether oxygens (including phenoxy) is 3. The molecule has 0 heterocycles. The minimum atomic E-state index is -0.797. The predicted octanol–water partition coefficient (Wildman–Crippen LogP) is 20.1. The first-order valence-corrected chi connectivity index (χ1v) is 29.8. The zero-order valence-electron chi connectivity index (χ0n) is 46.5. The molecule has 6 heteroatoms. The molecule has 0 aliphatic carbocycles. The molecule has 1 atom stereocenters. The van der Waals surface area contributed by atoms with E-state index >= 15 is 0 Å². The van der Waals surface area contributed by atoms with Crippen molar-refractivity contribution in [3.8, 4) is 0 Å². The van der Waals surface area contributed by atoms with E-state index < -0.39 is 6.10 Å². The molecule has 1 unspecified atom stereocenters. The van der Waals surface area contributed by atoms with Crippen LogP contribution in [0.4, 0.5) is 0 Å². The lowest BCUT2D eigenvalue weighted by Gasteiger charge is -2.18. The molecular weight excluding hydrogens is 877 g/mol. The SMILES string of the molecule is CC\C=C/C=C\C=C/C=C\C=C/CCCCCC(=O)OCC(COC(=O)CCCCCCCCCCC/C=C\C/C=C\C/C=C\CC)OC(=O)CCCCCCCCCCCCCCCCCCCCC. The highest BCUT2D eigenvalue weighted by atomic mass is 16.6. The van der Waals surface area contributed by atoms with Crippen molar-refractivity contribution in [2.45, 2.75) is 284 Å². The van der Waals surface area contributed by atoms with Gasteiger partial charge in [0, 0.05) is 19.3 Å². The van der Waals surface area contributed by atoms with Gasteiger partial charge in [0.2, 0.25) is 0 Å². The van der Waals surface area contributed by atoms with Crippen molar-refractivity contribution in [3.05, 3.63) is 97.2 Å². The summed E-state index contributed by atoms with van der Waals surface area (Å²) in [5, 5.41) is 0. The van der Waals surface area contributed by atoms with Gasteiger partial charge in [-0.2, -0.15) is 0 Å². The Hall–Kier alpha value is -3.67. The summed E-state index contributed by atoms with van der Waals surface area (Å²) in [6.07, 6.45) is 78.3. The van der Waals surface area contributed by atoms with Crippen LogP contribution in [0.1, 0.15) is 278 Å². The van der Waals surface area contributed by atoms with E-state index in [9.17, 15) is 14.4 Å². The molecule has 0 aromatic heterocycles. The molecule has 6 nitrogen and oxygen atoms in total. The monoisotopic (exact) mass is 987 g/mol. The van der Waals surface area contributed by atoms with E-state index in [1.54, 1.807) is 0 Å². The van der Waals surface area contributed by atoms with Crippen LogP contribution in [0.2, 0.25) is 0 Å². The zero-order valence-corrected chi connectivity index (χ0v) is 46.5. The van der Waals surface area contributed by atoms with Crippen LogP contribution < -0.4 is 0 Å². The predicted molar refractivity (Wildman–Crippen MR) is 307 cm³/mol. The second kappa shape index (κ2) is 58.9. The van der Waals surface area contributed by atoms with Gasteiger partial charge in [-0.15, -0.1) is 0 Å². The van der Waals surface area contributed by atoms with Crippen LogP contribution in [0, 0.1) is 0 Å². The van der Waals surface area contributed by atoms with Crippen LogP contribution in [-0.4, -0.2) is 37.2 Å². The molecule has 0 N–H and O–H groups in total. The van der Waals surface area contributed by atoms with E-state index in [2.05, 4.69) is 75.5 Å². The Balaban J connectivity index is 4.42. The Kier molecular flexibility index (Phi) is 55.9. The average molecular weight is 988 g/mol. The molecule has 0 saturated heterocycles. The summed E-state index contributed by atoms with van der Waals surface area (Å²) in [7, 11) is 0.